The Kier molecular flexibility index (Phi) is 6.16. The van der Waals surface area contributed by atoms with Crippen LogP contribution in [0.15, 0.2) is 66.7 Å². The van der Waals surface area contributed by atoms with E-state index in [0.29, 0.717) is 28.5 Å². The number of halogens is 1. The lowest BCUT2D eigenvalue weighted by molar-refractivity contribution is 0.0946. The van der Waals surface area contributed by atoms with Crippen LogP contribution in [0.25, 0.3) is 33.1 Å². The Balaban J connectivity index is 1.65. The number of benzene rings is 3. The molecule has 0 fully saturated rings. The minimum atomic E-state index is -0.347. The number of aromatic nitrogens is 2. The van der Waals surface area contributed by atoms with Gasteiger partial charge in [0, 0.05) is 28.4 Å². The first kappa shape index (κ1) is 23.2. The molecule has 0 unspecified atom stereocenters. The van der Waals surface area contributed by atoms with E-state index in [1.165, 1.54) is 12.1 Å². The van der Waals surface area contributed by atoms with E-state index >= 15 is 0 Å². The summed E-state index contributed by atoms with van der Waals surface area (Å²) in [6.07, 6.45) is 0. The minimum absolute atomic E-state index is 0.242. The zero-order chi connectivity index (χ0) is 25.2. The van der Waals surface area contributed by atoms with Gasteiger partial charge in [0.1, 0.15) is 11.5 Å². The van der Waals surface area contributed by atoms with Gasteiger partial charge >= 0.3 is 0 Å². The Bertz CT molecular complexity index is 1550. The third-order valence-electron chi connectivity index (χ3n) is 6.03. The zero-order valence-corrected chi connectivity index (χ0v) is 20.0. The number of para-hydroxylation sites is 1. The number of nitrogens with zero attached hydrogens (tertiary/aromatic N) is 1. The quantitative estimate of drug-likeness (QED) is 0.319. The molecule has 0 atom stereocenters. The molecule has 2 aromatic heterocycles. The molecule has 0 aliphatic heterocycles. The molecule has 5 rings (SSSR count). The van der Waals surface area contributed by atoms with Crippen molar-refractivity contribution in [2.24, 2.45) is 0 Å². The van der Waals surface area contributed by atoms with Crippen LogP contribution < -0.4 is 19.5 Å². The lowest BCUT2D eigenvalue weighted by Crippen LogP contribution is -2.24. The Labute approximate surface area is 206 Å². The molecular formula is C28H24FN3O4. The fraction of sp³-hybridized carbons (Fsp3) is 0.143. The number of aromatic amines is 1. The van der Waals surface area contributed by atoms with Gasteiger partial charge < -0.3 is 24.5 Å². The molecule has 0 bridgehead atoms. The molecule has 0 aliphatic carbocycles. The Morgan fingerprint density at radius 2 is 1.61 bits per heavy atom. The molecule has 0 radical (unpaired) electrons. The number of pyridine rings is 1. The summed E-state index contributed by atoms with van der Waals surface area (Å²) in [4.78, 5) is 21.4. The smallest absolute Gasteiger partial charge is 0.270 e. The first-order chi connectivity index (χ1) is 17.5. The van der Waals surface area contributed by atoms with Crippen LogP contribution in [0.4, 0.5) is 4.39 Å². The van der Waals surface area contributed by atoms with Crippen molar-refractivity contribution < 1.29 is 23.4 Å². The number of carbonyl (C=O) groups is 1. The van der Waals surface area contributed by atoms with Gasteiger partial charge in [0.25, 0.3) is 5.91 Å². The lowest BCUT2D eigenvalue weighted by atomic mass is 10.0. The Hall–Kier alpha value is -4.59. The highest BCUT2D eigenvalue weighted by atomic mass is 19.1. The van der Waals surface area contributed by atoms with E-state index < -0.39 is 0 Å². The van der Waals surface area contributed by atoms with Crippen LogP contribution in [0.3, 0.4) is 0 Å². The SMILES string of the molecule is COc1cc(-c2nc(C(=O)NCc3ccc(F)cc3)cc3c2[nH]c2ccccc23)cc(OC)c1OC. The van der Waals surface area contributed by atoms with Crippen molar-refractivity contribution in [3.63, 3.8) is 0 Å². The molecule has 1 amide bonds. The van der Waals surface area contributed by atoms with Gasteiger partial charge in [-0.2, -0.15) is 0 Å². The van der Waals surface area contributed by atoms with Crippen molar-refractivity contribution in [1.82, 2.24) is 15.3 Å². The molecule has 3 aromatic carbocycles. The summed E-state index contributed by atoms with van der Waals surface area (Å²) in [5.74, 6) is 0.740. The highest BCUT2D eigenvalue weighted by Crippen LogP contribution is 2.42. The molecule has 2 N–H and O–H groups in total. The van der Waals surface area contributed by atoms with E-state index in [9.17, 15) is 9.18 Å². The van der Waals surface area contributed by atoms with E-state index in [0.717, 1.165) is 27.4 Å². The molecule has 0 spiro atoms. The summed E-state index contributed by atoms with van der Waals surface area (Å²) >= 11 is 0. The van der Waals surface area contributed by atoms with Crippen LogP contribution in [0.5, 0.6) is 17.2 Å². The van der Waals surface area contributed by atoms with E-state index in [-0.39, 0.29) is 24.0 Å². The van der Waals surface area contributed by atoms with Crippen LogP contribution in [0, 0.1) is 5.82 Å². The molecule has 0 saturated heterocycles. The molecule has 2 heterocycles. The summed E-state index contributed by atoms with van der Waals surface area (Å²) in [7, 11) is 4.64. The van der Waals surface area contributed by atoms with Gasteiger partial charge in [-0.05, 0) is 42.0 Å². The largest absolute Gasteiger partial charge is 0.493 e. The Morgan fingerprint density at radius 3 is 2.28 bits per heavy atom. The fourth-order valence-corrected chi connectivity index (χ4v) is 4.26. The predicted molar refractivity (Wildman–Crippen MR) is 136 cm³/mol. The molecule has 8 heteroatoms. The first-order valence-electron chi connectivity index (χ1n) is 11.3. The van der Waals surface area contributed by atoms with Gasteiger partial charge in [0.05, 0.1) is 32.5 Å². The number of nitrogens with one attached hydrogen (secondary N) is 2. The van der Waals surface area contributed by atoms with Gasteiger partial charge in [-0.3, -0.25) is 4.79 Å². The Morgan fingerprint density at radius 1 is 0.917 bits per heavy atom. The van der Waals surface area contributed by atoms with Crippen molar-refractivity contribution in [3.05, 3.63) is 83.8 Å². The zero-order valence-electron chi connectivity index (χ0n) is 20.0. The van der Waals surface area contributed by atoms with E-state index in [1.54, 1.807) is 51.7 Å². The lowest BCUT2D eigenvalue weighted by Gasteiger charge is -2.15. The number of fused-ring (bicyclic) bond motifs is 3. The molecule has 0 aliphatic rings. The summed E-state index contributed by atoms with van der Waals surface area (Å²) in [5.41, 5.74) is 3.98. The van der Waals surface area contributed by atoms with Crippen LogP contribution in [0.1, 0.15) is 16.1 Å². The van der Waals surface area contributed by atoms with Crippen molar-refractivity contribution in [3.8, 4) is 28.5 Å². The highest BCUT2D eigenvalue weighted by molar-refractivity contribution is 6.13. The van der Waals surface area contributed by atoms with Crippen molar-refractivity contribution in [1.29, 1.82) is 0 Å². The highest BCUT2D eigenvalue weighted by Gasteiger charge is 2.20. The molecule has 182 valence electrons. The standard InChI is InChI=1S/C28H24FN3O4/c1-34-23-12-17(13-24(35-2)27(23)36-3)25-26-20(19-6-4-5-7-21(19)31-26)14-22(32-25)28(33)30-15-16-8-10-18(29)11-9-16/h4-14,31H,15H2,1-3H3,(H,30,33). The third-order valence-corrected chi connectivity index (χ3v) is 6.03. The minimum Gasteiger partial charge on any atom is -0.493 e. The number of H-pyrrole nitrogens is 1. The van der Waals surface area contributed by atoms with Crippen LogP contribution in [-0.4, -0.2) is 37.2 Å². The number of hydrogen-bond acceptors (Lipinski definition) is 5. The average molecular weight is 486 g/mol. The number of ether oxygens (including phenoxy) is 3. The third kappa shape index (κ3) is 4.17. The monoisotopic (exact) mass is 485 g/mol. The molecule has 36 heavy (non-hydrogen) atoms. The van der Waals surface area contributed by atoms with E-state index in [2.05, 4.69) is 10.3 Å². The fourth-order valence-electron chi connectivity index (χ4n) is 4.26. The molecular weight excluding hydrogens is 461 g/mol. The summed E-state index contributed by atoms with van der Waals surface area (Å²) in [6, 6.07) is 19.2. The van der Waals surface area contributed by atoms with E-state index in [4.69, 9.17) is 19.2 Å². The predicted octanol–water partition coefficient (Wildman–Crippen LogP) is 5.48. The summed E-state index contributed by atoms with van der Waals surface area (Å²) in [6.45, 7) is 0.242. The average Bonchev–Trinajstić information content (AvgIpc) is 3.29. The molecule has 5 aromatic rings. The van der Waals surface area contributed by atoms with Crippen LogP contribution in [-0.2, 0) is 6.54 Å². The van der Waals surface area contributed by atoms with Gasteiger partial charge in [-0.15, -0.1) is 0 Å². The number of methoxy groups -OCH3 is 3. The number of hydrogen-bond donors (Lipinski definition) is 2. The molecule has 0 saturated carbocycles. The normalized spacial score (nSPS) is 11.0. The van der Waals surface area contributed by atoms with Crippen molar-refractivity contribution >= 4 is 27.7 Å². The van der Waals surface area contributed by atoms with Gasteiger partial charge in [-0.1, -0.05) is 30.3 Å². The van der Waals surface area contributed by atoms with Crippen LogP contribution >= 0.6 is 0 Å². The second-order valence-electron chi connectivity index (χ2n) is 8.17. The second kappa shape index (κ2) is 9.58. The number of carbonyl (C=O) groups excluding carboxylic acids is 1. The van der Waals surface area contributed by atoms with Crippen LogP contribution in [0.2, 0.25) is 0 Å². The van der Waals surface area contributed by atoms with Gasteiger partial charge in [0.2, 0.25) is 5.75 Å². The number of amides is 1. The number of rotatable bonds is 7. The summed E-state index contributed by atoms with van der Waals surface area (Å²) < 4.78 is 29.8. The second-order valence-corrected chi connectivity index (χ2v) is 8.17. The van der Waals surface area contributed by atoms with Gasteiger partial charge in [-0.25, -0.2) is 9.37 Å². The van der Waals surface area contributed by atoms with Gasteiger partial charge in [0.15, 0.2) is 11.5 Å². The summed E-state index contributed by atoms with van der Waals surface area (Å²) in [5, 5.41) is 4.70. The topological polar surface area (TPSA) is 85.5 Å². The van der Waals surface area contributed by atoms with Crippen molar-refractivity contribution in [2.75, 3.05) is 21.3 Å². The maximum absolute atomic E-state index is 13.2. The molecule has 7 nitrogen and oxygen atoms in total. The van der Waals surface area contributed by atoms with E-state index in [1.807, 2.05) is 24.3 Å². The van der Waals surface area contributed by atoms with Crippen molar-refractivity contribution in [2.45, 2.75) is 6.54 Å². The first-order valence-corrected chi connectivity index (χ1v) is 11.3. The maximum atomic E-state index is 13.2. The maximum Gasteiger partial charge on any atom is 0.270 e.